The van der Waals surface area contributed by atoms with Gasteiger partial charge in [-0.3, -0.25) is 9.59 Å². The van der Waals surface area contributed by atoms with E-state index in [4.69, 9.17) is 4.74 Å². The molecule has 196 valence electrons. The summed E-state index contributed by atoms with van der Waals surface area (Å²) in [6.07, 6.45) is 2.11. The number of para-hydroxylation sites is 2. The van der Waals surface area contributed by atoms with Crippen LogP contribution in [-0.2, 0) is 9.59 Å². The first kappa shape index (κ1) is 26.7. The summed E-state index contributed by atoms with van der Waals surface area (Å²) < 4.78 is 5.22. The van der Waals surface area contributed by atoms with Crippen LogP contribution >= 0.6 is 0 Å². The Morgan fingerprint density at radius 3 is 2.26 bits per heavy atom. The molecule has 1 fully saturated rings. The summed E-state index contributed by atoms with van der Waals surface area (Å²) in [6, 6.07) is 24.4. The number of hydrogen-bond acceptors (Lipinski definition) is 5. The molecule has 0 atom stereocenters. The molecule has 38 heavy (non-hydrogen) atoms. The number of nitrogens with one attached hydrogen (secondary N) is 1. The number of carbonyl (C=O) groups is 2. The summed E-state index contributed by atoms with van der Waals surface area (Å²) in [5.41, 5.74) is 3.86. The summed E-state index contributed by atoms with van der Waals surface area (Å²) in [4.78, 5) is 40.9. The van der Waals surface area contributed by atoms with Gasteiger partial charge in [-0.15, -0.1) is 0 Å². The van der Waals surface area contributed by atoms with Crippen LogP contribution in [0.1, 0.15) is 48.0 Å². The molecular formula is C31H33N3O4. The highest BCUT2D eigenvalue weighted by atomic mass is 16.5. The Hall–Kier alpha value is -4.35. The molecular weight excluding hydrogens is 478 g/mol. The Balaban J connectivity index is 1.43. The summed E-state index contributed by atoms with van der Waals surface area (Å²) >= 11 is 0. The fourth-order valence-electron chi connectivity index (χ4n) is 4.95. The van der Waals surface area contributed by atoms with Crippen LogP contribution in [-0.4, -0.2) is 49.4 Å². The molecule has 1 heterocycles. The zero-order valence-corrected chi connectivity index (χ0v) is 21.9. The molecule has 3 aromatic rings. The molecule has 2 amide bonds. The first-order valence-corrected chi connectivity index (χ1v) is 12.9. The normalized spacial score (nSPS) is 13.4. The molecule has 7 nitrogen and oxygen atoms in total. The van der Waals surface area contributed by atoms with Crippen molar-refractivity contribution < 1.29 is 19.1 Å². The van der Waals surface area contributed by atoms with Gasteiger partial charge in [0.1, 0.15) is 17.4 Å². The SMILES string of the molecule is COc1ccc(C(=O)N(CCC(=C=O)N2CCC(c3ccccc3NC(C)=O)CC2)c2ccccc2)cc1. The van der Waals surface area contributed by atoms with E-state index in [1.807, 2.05) is 48.5 Å². The van der Waals surface area contributed by atoms with E-state index in [0.29, 0.717) is 49.0 Å². The number of benzene rings is 3. The van der Waals surface area contributed by atoms with Crippen molar-refractivity contribution in [3.05, 3.63) is 95.7 Å². The molecule has 4 rings (SSSR count). The van der Waals surface area contributed by atoms with Crippen molar-refractivity contribution in [1.29, 1.82) is 0 Å². The molecule has 0 aromatic heterocycles. The molecule has 1 aliphatic rings. The fourth-order valence-corrected chi connectivity index (χ4v) is 4.95. The van der Waals surface area contributed by atoms with E-state index >= 15 is 0 Å². The number of nitrogens with zero attached hydrogens (tertiary/aromatic N) is 2. The molecule has 0 unspecified atom stereocenters. The fraction of sp³-hybridized carbons (Fsp3) is 0.290. The number of amides is 2. The van der Waals surface area contributed by atoms with E-state index in [1.165, 1.54) is 6.92 Å². The predicted octanol–water partition coefficient (Wildman–Crippen LogP) is 5.29. The topological polar surface area (TPSA) is 79.0 Å². The lowest BCUT2D eigenvalue weighted by molar-refractivity contribution is -0.114. The van der Waals surface area contributed by atoms with Crippen molar-refractivity contribution in [1.82, 2.24) is 4.90 Å². The first-order chi connectivity index (χ1) is 18.5. The quantitative estimate of drug-likeness (QED) is 0.395. The lowest BCUT2D eigenvalue weighted by atomic mass is 9.88. The maximum atomic E-state index is 13.5. The van der Waals surface area contributed by atoms with E-state index in [0.717, 1.165) is 29.8 Å². The molecule has 0 spiro atoms. The number of likely N-dealkylation sites (tertiary alicyclic amines) is 1. The maximum Gasteiger partial charge on any atom is 0.258 e. The monoisotopic (exact) mass is 511 g/mol. The Morgan fingerprint density at radius 2 is 1.63 bits per heavy atom. The van der Waals surface area contributed by atoms with Gasteiger partial charge < -0.3 is 19.9 Å². The number of rotatable bonds is 9. The second-order valence-corrected chi connectivity index (χ2v) is 9.35. The predicted molar refractivity (Wildman–Crippen MR) is 149 cm³/mol. The number of methoxy groups -OCH3 is 1. The summed E-state index contributed by atoms with van der Waals surface area (Å²) in [5.74, 6) is 2.89. The van der Waals surface area contributed by atoms with Gasteiger partial charge in [0, 0.05) is 49.9 Å². The highest BCUT2D eigenvalue weighted by molar-refractivity contribution is 6.06. The molecule has 1 aliphatic heterocycles. The lowest BCUT2D eigenvalue weighted by Gasteiger charge is -2.35. The van der Waals surface area contributed by atoms with Gasteiger partial charge in [0.25, 0.3) is 5.91 Å². The summed E-state index contributed by atoms with van der Waals surface area (Å²) in [5, 5.41) is 2.93. The standard InChI is InChI=1S/C31H33N3O4/c1-23(36)32-30-11-7-6-10-29(30)24-16-19-33(20-17-24)27(22-35)18-21-34(26-8-4-3-5-9-26)31(37)25-12-14-28(38-2)15-13-25/h3-15,24H,16-21H2,1-2H3,(H,32,36). The molecule has 1 N–H and O–H groups in total. The highest BCUT2D eigenvalue weighted by Crippen LogP contribution is 2.34. The number of ether oxygens (including phenoxy) is 1. The van der Waals surface area contributed by atoms with Gasteiger partial charge >= 0.3 is 0 Å². The van der Waals surface area contributed by atoms with Gasteiger partial charge in [-0.05, 0) is 66.8 Å². The zero-order chi connectivity index (χ0) is 26.9. The summed E-state index contributed by atoms with van der Waals surface area (Å²) in [7, 11) is 1.59. The van der Waals surface area contributed by atoms with Crippen LogP contribution in [0.5, 0.6) is 5.75 Å². The van der Waals surface area contributed by atoms with Gasteiger partial charge in [0.15, 0.2) is 0 Å². The molecule has 0 bridgehead atoms. The van der Waals surface area contributed by atoms with Crippen LogP contribution in [0.3, 0.4) is 0 Å². The molecule has 0 radical (unpaired) electrons. The number of anilines is 2. The minimum absolute atomic E-state index is 0.0896. The average Bonchev–Trinajstić information content (AvgIpc) is 2.96. The van der Waals surface area contributed by atoms with Crippen LogP contribution in [0.15, 0.2) is 84.6 Å². The Kier molecular flexibility index (Phi) is 8.96. The smallest absolute Gasteiger partial charge is 0.258 e. The molecule has 0 saturated carbocycles. The van der Waals surface area contributed by atoms with Crippen LogP contribution in [0.25, 0.3) is 0 Å². The van der Waals surface area contributed by atoms with Crippen molar-refractivity contribution in [3.63, 3.8) is 0 Å². The lowest BCUT2D eigenvalue weighted by Crippen LogP contribution is -2.36. The Labute approximate surface area is 223 Å². The Morgan fingerprint density at radius 1 is 0.974 bits per heavy atom. The van der Waals surface area contributed by atoms with E-state index in [9.17, 15) is 14.4 Å². The number of hydrogen-bond donors (Lipinski definition) is 1. The van der Waals surface area contributed by atoms with Crippen molar-refractivity contribution in [2.45, 2.75) is 32.1 Å². The third-order valence-corrected chi connectivity index (χ3v) is 6.93. The minimum Gasteiger partial charge on any atom is -0.497 e. The second kappa shape index (κ2) is 12.7. The van der Waals surface area contributed by atoms with E-state index in [-0.39, 0.29) is 11.8 Å². The minimum atomic E-state index is -0.141. The van der Waals surface area contributed by atoms with Crippen molar-refractivity contribution in [2.75, 3.05) is 37.0 Å². The maximum absolute atomic E-state index is 13.5. The van der Waals surface area contributed by atoms with Gasteiger partial charge in [0.2, 0.25) is 5.91 Å². The molecule has 0 aliphatic carbocycles. The molecule has 1 saturated heterocycles. The van der Waals surface area contributed by atoms with Crippen LogP contribution in [0.2, 0.25) is 0 Å². The largest absolute Gasteiger partial charge is 0.497 e. The van der Waals surface area contributed by atoms with E-state index in [2.05, 4.69) is 22.2 Å². The molecule has 7 heteroatoms. The first-order valence-electron chi connectivity index (χ1n) is 12.9. The highest BCUT2D eigenvalue weighted by Gasteiger charge is 2.26. The average molecular weight is 512 g/mol. The third-order valence-electron chi connectivity index (χ3n) is 6.93. The van der Waals surface area contributed by atoms with Gasteiger partial charge in [-0.2, -0.15) is 0 Å². The number of carbonyl (C=O) groups excluding carboxylic acids is 3. The van der Waals surface area contributed by atoms with Gasteiger partial charge in [-0.25, -0.2) is 4.79 Å². The van der Waals surface area contributed by atoms with Crippen LogP contribution < -0.4 is 15.0 Å². The second-order valence-electron chi connectivity index (χ2n) is 9.35. The van der Waals surface area contributed by atoms with Gasteiger partial charge in [-0.1, -0.05) is 36.4 Å². The van der Waals surface area contributed by atoms with Gasteiger partial charge in [0.05, 0.1) is 7.11 Å². The molecule has 3 aromatic carbocycles. The van der Waals surface area contributed by atoms with Crippen molar-refractivity contribution >= 4 is 29.1 Å². The van der Waals surface area contributed by atoms with E-state index in [1.54, 1.807) is 36.3 Å². The van der Waals surface area contributed by atoms with Crippen molar-refractivity contribution in [3.8, 4) is 5.75 Å². The van der Waals surface area contributed by atoms with Crippen LogP contribution in [0, 0.1) is 0 Å². The van der Waals surface area contributed by atoms with Crippen molar-refractivity contribution in [2.24, 2.45) is 0 Å². The summed E-state index contributed by atoms with van der Waals surface area (Å²) in [6.45, 7) is 3.28. The van der Waals surface area contributed by atoms with Crippen LogP contribution in [0.4, 0.5) is 11.4 Å². The third kappa shape index (κ3) is 6.50. The number of piperidine rings is 1. The van der Waals surface area contributed by atoms with E-state index < -0.39 is 0 Å². The Bertz CT molecular complexity index is 1290. The zero-order valence-electron chi connectivity index (χ0n) is 21.9.